The summed E-state index contributed by atoms with van der Waals surface area (Å²) in [4.78, 5) is 17.9. The van der Waals surface area contributed by atoms with Crippen molar-refractivity contribution in [2.75, 3.05) is 26.2 Å². The van der Waals surface area contributed by atoms with Gasteiger partial charge in [-0.1, -0.05) is 47.5 Å². The largest absolute Gasteiger partial charge is 0.339 e. The summed E-state index contributed by atoms with van der Waals surface area (Å²) in [5.41, 5.74) is 2.38. The van der Waals surface area contributed by atoms with Crippen LogP contribution in [0.5, 0.6) is 0 Å². The smallest absolute Gasteiger partial charge is 0.227 e. The van der Waals surface area contributed by atoms with E-state index in [2.05, 4.69) is 21.9 Å². The van der Waals surface area contributed by atoms with E-state index in [9.17, 15) is 4.79 Å². The summed E-state index contributed by atoms with van der Waals surface area (Å²) >= 11 is 12.0. The molecule has 0 atom stereocenters. The van der Waals surface area contributed by atoms with Crippen molar-refractivity contribution in [2.24, 2.45) is 5.92 Å². The number of hydrogen-bond donors (Lipinski definition) is 0. The van der Waals surface area contributed by atoms with Crippen molar-refractivity contribution in [1.82, 2.24) is 9.80 Å². The zero-order chi connectivity index (χ0) is 20.9. The minimum absolute atomic E-state index is 0.267. The third-order valence-corrected chi connectivity index (χ3v) is 6.87. The van der Waals surface area contributed by atoms with E-state index in [1.807, 2.05) is 36.4 Å². The van der Waals surface area contributed by atoms with Crippen LogP contribution >= 0.6 is 23.2 Å². The van der Waals surface area contributed by atoms with Crippen molar-refractivity contribution < 1.29 is 4.79 Å². The van der Waals surface area contributed by atoms with Crippen LogP contribution in [0.2, 0.25) is 10.0 Å². The molecule has 0 aromatic heterocycles. The second-order valence-electron chi connectivity index (χ2n) is 8.74. The van der Waals surface area contributed by atoms with Crippen LogP contribution in [0, 0.1) is 5.92 Å². The lowest BCUT2D eigenvalue weighted by Crippen LogP contribution is -2.49. The molecule has 1 heterocycles. The van der Waals surface area contributed by atoms with E-state index in [4.69, 9.17) is 23.2 Å². The first kappa shape index (κ1) is 21.7. The van der Waals surface area contributed by atoms with Crippen LogP contribution in [0.4, 0.5) is 0 Å². The monoisotopic (exact) mass is 444 g/mol. The van der Waals surface area contributed by atoms with Gasteiger partial charge in [0.1, 0.15) is 0 Å². The van der Waals surface area contributed by atoms with Gasteiger partial charge in [0.05, 0.1) is 6.42 Å². The van der Waals surface area contributed by atoms with Crippen LogP contribution in [0.15, 0.2) is 48.5 Å². The molecule has 0 bridgehead atoms. The molecular weight excluding hydrogens is 415 g/mol. The van der Waals surface area contributed by atoms with Gasteiger partial charge in [-0.05, 0) is 73.4 Å². The van der Waals surface area contributed by atoms with Crippen molar-refractivity contribution in [3.63, 3.8) is 0 Å². The molecule has 1 amide bonds. The van der Waals surface area contributed by atoms with Crippen LogP contribution in [-0.4, -0.2) is 47.9 Å². The molecule has 2 fully saturated rings. The minimum atomic E-state index is 0.267. The van der Waals surface area contributed by atoms with Crippen molar-refractivity contribution in [3.05, 3.63) is 69.7 Å². The molecular formula is C25H30Cl2N2O. The molecule has 30 heavy (non-hydrogen) atoms. The fourth-order valence-electron chi connectivity index (χ4n) is 4.30. The Labute approximate surface area is 190 Å². The molecule has 2 aromatic rings. The molecule has 5 heteroatoms. The summed E-state index contributed by atoms with van der Waals surface area (Å²) < 4.78 is 0. The highest BCUT2D eigenvalue weighted by Gasteiger charge is 2.32. The number of hydrogen-bond acceptors (Lipinski definition) is 2. The number of nitrogens with zero attached hydrogens (tertiary/aromatic N) is 2. The second kappa shape index (κ2) is 10.2. The van der Waals surface area contributed by atoms with E-state index in [1.54, 1.807) is 0 Å². The van der Waals surface area contributed by atoms with E-state index < -0.39 is 0 Å². The Morgan fingerprint density at radius 1 is 0.867 bits per heavy atom. The molecule has 0 spiro atoms. The fourth-order valence-corrected chi connectivity index (χ4v) is 4.56. The van der Waals surface area contributed by atoms with Crippen LogP contribution in [-0.2, 0) is 17.6 Å². The highest BCUT2D eigenvalue weighted by Crippen LogP contribution is 2.32. The van der Waals surface area contributed by atoms with Gasteiger partial charge in [-0.15, -0.1) is 0 Å². The van der Waals surface area contributed by atoms with Crippen molar-refractivity contribution >= 4 is 29.1 Å². The lowest BCUT2D eigenvalue weighted by Gasteiger charge is -2.39. The van der Waals surface area contributed by atoms with Crippen molar-refractivity contribution in [3.8, 4) is 0 Å². The second-order valence-corrected chi connectivity index (χ2v) is 9.61. The highest BCUT2D eigenvalue weighted by molar-refractivity contribution is 6.30. The van der Waals surface area contributed by atoms with Crippen LogP contribution in [0.25, 0.3) is 0 Å². The Balaban J connectivity index is 1.29. The average molecular weight is 445 g/mol. The highest BCUT2D eigenvalue weighted by atomic mass is 35.5. The third-order valence-electron chi connectivity index (χ3n) is 6.37. The van der Waals surface area contributed by atoms with E-state index in [1.165, 1.54) is 18.4 Å². The quantitative estimate of drug-likeness (QED) is 0.537. The zero-order valence-electron chi connectivity index (χ0n) is 17.4. The van der Waals surface area contributed by atoms with Crippen LogP contribution in [0.3, 0.4) is 0 Å². The van der Waals surface area contributed by atoms with Gasteiger partial charge in [-0.25, -0.2) is 0 Å². The normalized spacial score (nSPS) is 17.8. The van der Waals surface area contributed by atoms with Gasteiger partial charge in [-0.3, -0.25) is 4.79 Å². The summed E-state index contributed by atoms with van der Waals surface area (Å²) in [7, 11) is 0. The number of piperidine rings is 1. The van der Waals surface area contributed by atoms with Crippen LogP contribution in [0.1, 0.15) is 36.8 Å². The first-order chi connectivity index (χ1) is 14.6. The Morgan fingerprint density at radius 2 is 1.43 bits per heavy atom. The minimum Gasteiger partial charge on any atom is -0.339 e. The lowest BCUT2D eigenvalue weighted by molar-refractivity contribution is -0.134. The van der Waals surface area contributed by atoms with E-state index in [0.29, 0.717) is 23.4 Å². The average Bonchev–Trinajstić information content (AvgIpc) is 3.58. The molecule has 1 saturated heterocycles. The van der Waals surface area contributed by atoms with Crippen molar-refractivity contribution in [1.29, 1.82) is 0 Å². The summed E-state index contributed by atoms with van der Waals surface area (Å²) in [6.45, 7) is 4.12. The van der Waals surface area contributed by atoms with Crippen molar-refractivity contribution in [2.45, 2.75) is 44.6 Å². The number of likely N-dealkylation sites (tertiary alicyclic amines) is 1. The maximum Gasteiger partial charge on any atom is 0.227 e. The topological polar surface area (TPSA) is 23.6 Å². The Hall–Kier alpha value is -1.55. The number of halogens is 2. The van der Waals surface area contributed by atoms with Gasteiger partial charge in [0.25, 0.3) is 0 Å². The number of benzene rings is 2. The Bertz CT molecular complexity index is 825. The lowest BCUT2D eigenvalue weighted by atomic mass is 10.0. The van der Waals surface area contributed by atoms with Gasteiger partial charge in [0, 0.05) is 42.3 Å². The molecule has 160 valence electrons. The van der Waals surface area contributed by atoms with E-state index in [0.717, 1.165) is 56.0 Å². The molecule has 2 aliphatic rings. The standard InChI is InChI=1S/C25H30Cl2N2O/c26-22-7-3-19(4-8-22)11-14-28-15-12-24(13-16-28)29(18-21-1-2-21)25(30)17-20-5-9-23(27)10-6-20/h3-10,21,24H,1-2,11-18H2. The van der Waals surface area contributed by atoms with Crippen LogP contribution < -0.4 is 0 Å². The van der Waals surface area contributed by atoms with Gasteiger partial charge in [-0.2, -0.15) is 0 Å². The number of carbonyl (C=O) groups excluding carboxylic acids is 1. The summed E-state index contributed by atoms with van der Waals surface area (Å²) in [5, 5.41) is 1.51. The summed E-state index contributed by atoms with van der Waals surface area (Å²) in [6, 6.07) is 16.2. The SMILES string of the molecule is O=C(Cc1ccc(Cl)cc1)N(CC1CC1)C1CCN(CCc2ccc(Cl)cc2)CC1. The first-order valence-electron chi connectivity index (χ1n) is 11.1. The number of amides is 1. The molecule has 4 rings (SSSR count). The molecule has 1 aliphatic carbocycles. The first-order valence-corrected chi connectivity index (χ1v) is 11.8. The predicted octanol–water partition coefficient (Wildman–Crippen LogP) is 5.48. The Kier molecular flexibility index (Phi) is 7.35. The van der Waals surface area contributed by atoms with Gasteiger partial charge in [0.15, 0.2) is 0 Å². The fraction of sp³-hybridized carbons (Fsp3) is 0.480. The summed E-state index contributed by atoms with van der Waals surface area (Å²) in [6.07, 6.45) is 6.19. The van der Waals surface area contributed by atoms with Gasteiger partial charge >= 0.3 is 0 Å². The number of rotatable bonds is 8. The third kappa shape index (κ3) is 6.23. The molecule has 3 nitrogen and oxygen atoms in total. The molecule has 1 aliphatic heterocycles. The Morgan fingerprint density at radius 3 is 2.00 bits per heavy atom. The molecule has 1 saturated carbocycles. The summed E-state index contributed by atoms with van der Waals surface area (Å²) in [5.74, 6) is 0.978. The predicted molar refractivity (Wildman–Crippen MR) is 124 cm³/mol. The number of carbonyl (C=O) groups is 1. The molecule has 0 N–H and O–H groups in total. The maximum absolute atomic E-state index is 13.1. The van der Waals surface area contributed by atoms with E-state index >= 15 is 0 Å². The van der Waals surface area contributed by atoms with Gasteiger partial charge < -0.3 is 9.80 Å². The van der Waals surface area contributed by atoms with E-state index in [-0.39, 0.29) is 5.91 Å². The zero-order valence-corrected chi connectivity index (χ0v) is 18.9. The maximum atomic E-state index is 13.1. The molecule has 0 unspecified atom stereocenters. The van der Waals surface area contributed by atoms with Gasteiger partial charge in [0.2, 0.25) is 5.91 Å². The molecule has 2 aromatic carbocycles. The molecule has 0 radical (unpaired) electrons.